The fourth-order valence-electron chi connectivity index (χ4n) is 3.42. The highest BCUT2D eigenvalue weighted by Crippen LogP contribution is 2.32. The lowest BCUT2D eigenvalue weighted by Gasteiger charge is -2.17. The molecule has 0 aliphatic rings. The monoisotopic (exact) mass is 497 g/mol. The Morgan fingerprint density at radius 1 is 1.03 bits per heavy atom. The van der Waals surface area contributed by atoms with Crippen LogP contribution >= 0.6 is 11.8 Å². The number of nitrogens with zero attached hydrogens (tertiary/aromatic N) is 2. The van der Waals surface area contributed by atoms with E-state index in [1.807, 2.05) is 0 Å². The second-order valence-corrected chi connectivity index (χ2v) is 8.77. The van der Waals surface area contributed by atoms with Gasteiger partial charge >= 0.3 is 0 Å². The number of carbonyl (C=O) groups is 1. The van der Waals surface area contributed by atoms with E-state index in [4.69, 9.17) is 9.47 Å². The van der Waals surface area contributed by atoms with Crippen molar-refractivity contribution in [3.8, 4) is 17.2 Å². The van der Waals surface area contributed by atoms with Crippen molar-refractivity contribution in [1.29, 1.82) is 0 Å². The highest BCUT2D eigenvalue weighted by molar-refractivity contribution is 8.00. The van der Waals surface area contributed by atoms with Gasteiger partial charge in [-0.25, -0.2) is 13.8 Å². The lowest BCUT2D eigenvalue weighted by molar-refractivity contribution is -0.115. The normalized spacial score (nSPS) is 11.8. The number of amides is 1. The summed E-state index contributed by atoms with van der Waals surface area (Å²) in [7, 11) is 2.99. The van der Waals surface area contributed by atoms with Crippen LogP contribution < -0.4 is 20.3 Å². The molecule has 1 heterocycles. The van der Waals surface area contributed by atoms with Gasteiger partial charge in [0.15, 0.2) is 16.7 Å². The van der Waals surface area contributed by atoms with Crippen LogP contribution in [0, 0.1) is 11.6 Å². The van der Waals surface area contributed by atoms with Gasteiger partial charge in [0.25, 0.3) is 5.56 Å². The maximum Gasteiger partial charge on any atom is 0.266 e. The first-order valence-electron chi connectivity index (χ1n) is 10.5. The smallest absolute Gasteiger partial charge is 0.266 e. The van der Waals surface area contributed by atoms with E-state index in [0.29, 0.717) is 28.1 Å². The molecule has 1 aromatic heterocycles. The zero-order valence-corrected chi connectivity index (χ0v) is 19.9. The average molecular weight is 498 g/mol. The van der Waals surface area contributed by atoms with Gasteiger partial charge in [0, 0.05) is 12.1 Å². The lowest BCUT2D eigenvalue weighted by Crippen LogP contribution is -2.26. The maximum absolute atomic E-state index is 14.0. The highest BCUT2D eigenvalue weighted by Gasteiger charge is 2.22. The summed E-state index contributed by atoms with van der Waals surface area (Å²) in [5.74, 6) is -1.13. The van der Waals surface area contributed by atoms with Gasteiger partial charge in [-0.2, -0.15) is 0 Å². The second-order valence-electron chi connectivity index (χ2n) is 7.46. The van der Waals surface area contributed by atoms with Crippen LogP contribution in [0.4, 0.5) is 14.5 Å². The van der Waals surface area contributed by atoms with Gasteiger partial charge in [-0.3, -0.25) is 14.2 Å². The third-order valence-electron chi connectivity index (χ3n) is 5.21. The molecule has 0 spiro atoms. The summed E-state index contributed by atoms with van der Waals surface area (Å²) in [6, 6.07) is 14.6. The number of nitrogens with one attached hydrogen (secondary N) is 1. The minimum Gasteiger partial charge on any atom is -0.493 e. The Morgan fingerprint density at radius 2 is 1.77 bits per heavy atom. The molecule has 7 nitrogen and oxygen atoms in total. The molecule has 4 rings (SSSR count). The Morgan fingerprint density at radius 3 is 2.51 bits per heavy atom. The number of ether oxygens (including phenoxy) is 2. The number of fused-ring (bicyclic) bond motifs is 1. The summed E-state index contributed by atoms with van der Waals surface area (Å²) < 4.78 is 39.5. The molecule has 0 saturated heterocycles. The number of rotatable bonds is 7. The van der Waals surface area contributed by atoms with Crippen molar-refractivity contribution in [3.05, 3.63) is 82.7 Å². The number of hydrogen-bond donors (Lipinski definition) is 1. The fourth-order valence-corrected chi connectivity index (χ4v) is 4.35. The van der Waals surface area contributed by atoms with E-state index in [9.17, 15) is 18.4 Å². The van der Waals surface area contributed by atoms with Gasteiger partial charge < -0.3 is 14.8 Å². The zero-order chi connectivity index (χ0) is 25.1. The maximum atomic E-state index is 14.0. The van der Waals surface area contributed by atoms with Crippen molar-refractivity contribution in [3.63, 3.8) is 0 Å². The van der Waals surface area contributed by atoms with E-state index in [1.54, 1.807) is 49.4 Å². The third-order valence-corrected chi connectivity index (χ3v) is 6.26. The molecule has 35 heavy (non-hydrogen) atoms. The van der Waals surface area contributed by atoms with Crippen molar-refractivity contribution < 1.29 is 23.0 Å². The molecule has 1 atom stereocenters. The van der Waals surface area contributed by atoms with Crippen LogP contribution in [-0.2, 0) is 4.79 Å². The molecule has 1 amide bonds. The quantitative estimate of drug-likeness (QED) is 0.292. The van der Waals surface area contributed by atoms with Crippen LogP contribution in [0.25, 0.3) is 16.6 Å². The van der Waals surface area contributed by atoms with Crippen LogP contribution in [0.3, 0.4) is 0 Å². The van der Waals surface area contributed by atoms with Crippen LogP contribution in [0.5, 0.6) is 11.5 Å². The van der Waals surface area contributed by atoms with Gasteiger partial charge in [-0.1, -0.05) is 23.9 Å². The van der Waals surface area contributed by atoms with E-state index in [-0.39, 0.29) is 16.4 Å². The Labute approximate surface area is 203 Å². The lowest BCUT2D eigenvalue weighted by atomic mass is 10.2. The van der Waals surface area contributed by atoms with Crippen molar-refractivity contribution in [2.75, 3.05) is 19.5 Å². The molecular formula is C25H21F2N3O4S. The van der Waals surface area contributed by atoms with Gasteiger partial charge in [0.2, 0.25) is 5.91 Å². The predicted octanol–water partition coefficient (Wildman–Crippen LogP) is 4.80. The van der Waals surface area contributed by atoms with Crippen LogP contribution in [0.2, 0.25) is 0 Å². The number of methoxy groups -OCH3 is 2. The zero-order valence-electron chi connectivity index (χ0n) is 19.0. The van der Waals surface area contributed by atoms with E-state index < -0.39 is 22.8 Å². The number of halogens is 2. The fraction of sp³-hybridized carbons (Fsp3) is 0.160. The molecule has 3 aromatic carbocycles. The third kappa shape index (κ3) is 4.97. The number of benzene rings is 3. The summed E-state index contributed by atoms with van der Waals surface area (Å²) in [6.07, 6.45) is 0. The molecule has 0 fully saturated rings. The molecule has 0 saturated carbocycles. The van der Waals surface area contributed by atoms with Crippen molar-refractivity contribution >= 4 is 34.3 Å². The molecule has 0 aliphatic carbocycles. The highest BCUT2D eigenvalue weighted by atomic mass is 32.2. The standard InChI is InChI=1S/C25H21F2N3O4S/c1-14(23(31)28-20-12-15(26)8-10-18(20)27)35-25-29-19-7-5-4-6-17(19)24(32)30(25)16-9-11-21(33-2)22(13-16)34-3/h4-14H,1-3H3,(H,28,31). The Balaban J connectivity index is 1.76. The summed E-state index contributed by atoms with van der Waals surface area (Å²) in [5, 5.41) is 2.21. The first-order chi connectivity index (χ1) is 16.8. The summed E-state index contributed by atoms with van der Waals surface area (Å²) in [4.78, 5) is 30.9. The topological polar surface area (TPSA) is 82.5 Å². The summed E-state index contributed by atoms with van der Waals surface area (Å²) >= 11 is 1.01. The SMILES string of the molecule is COc1ccc(-n2c(SC(C)C(=O)Nc3cc(F)ccc3F)nc3ccccc3c2=O)cc1OC. The molecule has 1 unspecified atom stereocenters. The first kappa shape index (κ1) is 24.2. The number of carbonyl (C=O) groups excluding carboxylic acids is 1. The minimum atomic E-state index is -0.808. The van der Waals surface area contributed by atoms with Crippen LogP contribution in [-0.4, -0.2) is 34.9 Å². The summed E-state index contributed by atoms with van der Waals surface area (Å²) in [6.45, 7) is 1.58. The molecule has 0 bridgehead atoms. The molecule has 1 N–H and O–H groups in total. The van der Waals surface area contributed by atoms with E-state index in [2.05, 4.69) is 10.3 Å². The van der Waals surface area contributed by atoms with Gasteiger partial charge in [-0.05, 0) is 43.3 Å². The number of anilines is 1. The van der Waals surface area contributed by atoms with Gasteiger partial charge in [0.1, 0.15) is 11.6 Å². The van der Waals surface area contributed by atoms with E-state index >= 15 is 0 Å². The molecule has 4 aromatic rings. The van der Waals surface area contributed by atoms with Gasteiger partial charge in [0.05, 0.1) is 41.7 Å². The molecule has 0 radical (unpaired) electrons. The van der Waals surface area contributed by atoms with Crippen molar-refractivity contribution in [2.45, 2.75) is 17.3 Å². The summed E-state index contributed by atoms with van der Waals surface area (Å²) in [5.41, 5.74) is 0.304. The number of hydrogen-bond acceptors (Lipinski definition) is 6. The molecule has 10 heteroatoms. The second kappa shape index (κ2) is 10.1. The number of thioether (sulfide) groups is 1. The number of para-hydroxylation sites is 1. The molecule has 180 valence electrons. The molecular weight excluding hydrogens is 476 g/mol. The minimum absolute atomic E-state index is 0.239. The first-order valence-corrected chi connectivity index (χ1v) is 11.4. The molecule has 0 aliphatic heterocycles. The van der Waals surface area contributed by atoms with Crippen molar-refractivity contribution in [2.24, 2.45) is 0 Å². The van der Waals surface area contributed by atoms with E-state index in [1.165, 1.54) is 18.8 Å². The van der Waals surface area contributed by atoms with E-state index in [0.717, 1.165) is 30.0 Å². The Bertz CT molecular complexity index is 1480. The average Bonchev–Trinajstić information content (AvgIpc) is 2.86. The number of aromatic nitrogens is 2. The van der Waals surface area contributed by atoms with Crippen LogP contribution in [0.15, 0.2) is 70.6 Å². The largest absolute Gasteiger partial charge is 0.493 e. The van der Waals surface area contributed by atoms with Crippen molar-refractivity contribution in [1.82, 2.24) is 9.55 Å². The Kier molecular flexibility index (Phi) is 7.02. The predicted molar refractivity (Wildman–Crippen MR) is 131 cm³/mol. The van der Waals surface area contributed by atoms with Crippen LogP contribution in [0.1, 0.15) is 6.92 Å². The van der Waals surface area contributed by atoms with Gasteiger partial charge in [-0.15, -0.1) is 0 Å². The Hall–Kier alpha value is -3.92.